The van der Waals surface area contributed by atoms with Gasteiger partial charge in [-0.15, -0.1) is 0 Å². The second-order valence-corrected chi connectivity index (χ2v) is 3.91. The third-order valence-corrected chi connectivity index (χ3v) is 2.78. The summed E-state index contributed by atoms with van der Waals surface area (Å²) in [5.41, 5.74) is 1.02. The number of ether oxygens (including phenoxy) is 2. The lowest BCUT2D eigenvalue weighted by Crippen LogP contribution is -2.40. The first-order valence-electron chi connectivity index (χ1n) is 5.64. The van der Waals surface area contributed by atoms with E-state index in [0.29, 0.717) is 0 Å². The zero-order chi connectivity index (χ0) is 11.2. The SMILES string of the molecule is COCCN1CCOC(c2ccccn2)C1. The molecule has 0 radical (unpaired) electrons. The maximum absolute atomic E-state index is 5.73. The summed E-state index contributed by atoms with van der Waals surface area (Å²) in [7, 11) is 1.73. The van der Waals surface area contributed by atoms with Gasteiger partial charge in [0.05, 0.1) is 18.9 Å². The molecule has 0 N–H and O–H groups in total. The molecule has 88 valence electrons. The molecule has 1 saturated heterocycles. The Morgan fingerprint density at radius 3 is 3.25 bits per heavy atom. The van der Waals surface area contributed by atoms with Gasteiger partial charge in [0.25, 0.3) is 0 Å². The molecule has 16 heavy (non-hydrogen) atoms. The van der Waals surface area contributed by atoms with Gasteiger partial charge in [-0.1, -0.05) is 6.07 Å². The molecule has 1 fully saturated rings. The predicted molar refractivity (Wildman–Crippen MR) is 61.2 cm³/mol. The summed E-state index contributed by atoms with van der Waals surface area (Å²) >= 11 is 0. The monoisotopic (exact) mass is 222 g/mol. The molecule has 2 heterocycles. The van der Waals surface area contributed by atoms with Crippen LogP contribution >= 0.6 is 0 Å². The van der Waals surface area contributed by atoms with Gasteiger partial charge in [0.2, 0.25) is 0 Å². The average molecular weight is 222 g/mol. The minimum atomic E-state index is 0.104. The first kappa shape index (κ1) is 11.5. The van der Waals surface area contributed by atoms with E-state index < -0.39 is 0 Å². The Hall–Kier alpha value is -0.970. The van der Waals surface area contributed by atoms with E-state index in [1.165, 1.54) is 0 Å². The van der Waals surface area contributed by atoms with Crippen molar-refractivity contribution in [2.75, 3.05) is 40.0 Å². The molecule has 1 unspecified atom stereocenters. The van der Waals surface area contributed by atoms with Crippen LogP contribution in [0.1, 0.15) is 11.8 Å². The fourth-order valence-electron chi connectivity index (χ4n) is 1.87. The molecule has 0 spiro atoms. The maximum Gasteiger partial charge on any atom is 0.112 e. The van der Waals surface area contributed by atoms with Crippen LogP contribution in [0.2, 0.25) is 0 Å². The van der Waals surface area contributed by atoms with Crippen molar-refractivity contribution < 1.29 is 9.47 Å². The van der Waals surface area contributed by atoms with Crippen molar-refractivity contribution in [3.05, 3.63) is 30.1 Å². The topological polar surface area (TPSA) is 34.6 Å². The molecule has 4 nitrogen and oxygen atoms in total. The van der Waals surface area contributed by atoms with E-state index in [-0.39, 0.29) is 6.10 Å². The summed E-state index contributed by atoms with van der Waals surface area (Å²) in [5.74, 6) is 0. The summed E-state index contributed by atoms with van der Waals surface area (Å²) in [6, 6.07) is 5.94. The first-order valence-corrected chi connectivity index (χ1v) is 5.64. The summed E-state index contributed by atoms with van der Waals surface area (Å²) in [4.78, 5) is 6.69. The van der Waals surface area contributed by atoms with Crippen LogP contribution in [0.4, 0.5) is 0 Å². The number of hydrogen-bond donors (Lipinski definition) is 0. The molecule has 1 aliphatic heterocycles. The van der Waals surface area contributed by atoms with Gasteiger partial charge in [-0.2, -0.15) is 0 Å². The van der Waals surface area contributed by atoms with E-state index in [2.05, 4.69) is 9.88 Å². The van der Waals surface area contributed by atoms with Gasteiger partial charge < -0.3 is 9.47 Å². The van der Waals surface area contributed by atoms with Crippen LogP contribution in [0.3, 0.4) is 0 Å². The largest absolute Gasteiger partial charge is 0.383 e. The Kier molecular flexibility index (Phi) is 4.27. The maximum atomic E-state index is 5.73. The Labute approximate surface area is 96.2 Å². The van der Waals surface area contributed by atoms with Crippen LogP contribution in [-0.2, 0) is 9.47 Å². The van der Waals surface area contributed by atoms with Gasteiger partial charge in [-0.3, -0.25) is 9.88 Å². The first-order chi connectivity index (χ1) is 7.90. The minimum absolute atomic E-state index is 0.104. The van der Waals surface area contributed by atoms with Gasteiger partial charge >= 0.3 is 0 Å². The second kappa shape index (κ2) is 5.94. The second-order valence-electron chi connectivity index (χ2n) is 3.91. The number of hydrogen-bond acceptors (Lipinski definition) is 4. The number of rotatable bonds is 4. The number of pyridine rings is 1. The molecular formula is C12H18N2O2. The molecule has 1 aromatic heterocycles. The molecule has 0 saturated carbocycles. The van der Waals surface area contributed by atoms with Gasteiger partial charge in [-0.05, 0) is 12.1 Å². The molecule has 1 aromatic rings. The fraction of sp³-hybridized carbons (Fsp3) is 0.583. The van der Waals surface area contributed by atoms with E-state index in [4.69, 9.17) is 9.47 Å². The van der Waals surface area contributed by atoms with Crippen LogP contribution < -0.4 is 0 Å². The normalized spacial score (nSPS) is 22.2. The van der Waals surface area contributed by atoms with E-state index in [1.54, 1.807) is 7.11 Å². The highest BCUT2D eigenvalue weighted by Gasteiger charge is 2.22. The van der Waals surface area contributed by atoms with Crippen LogP contribution in [0.5, 0.6) is 0 Å². The predicted octanol–water partition coefficient (Wildman–Crippen LogP) is 1.10. The lowest BCUT2D eigenvalue weighted by Gasteiger charge is -2.32. The van der Waals surface area contributed by atoms with Crippen molar-refractivity contribution in [2.45, 2.75) is 6.10 Å². The summed E-state index contributed by atoms with van der Waals surface area (Å²) in [6.45, 7) is 4.39. The quantitative estimate of drug-likeness (QED) is 0.764. The Morgan fingerprint density at radius 1 is 1.56 bits per heavy atom. The standard InChI is InChI=1S/C12H18N2O2/c1-15-8-6-14-7-9-16-12(10-14)11-4-2-3-5-13-11/h2-5,12H,6-10H2,1H3. The number of methoxy groups -OCH3 is 1. The lowest BCUT2D eigenvalue weighted by atomic mass is 10.2. The molecule has 0 aliphatic carbocycles. The molecule has 0 amide bonds. The Balaban J connectivity index is 1.91. The van der Waals surface area contributed by atoms with Crippen molar-refractivity contribution in [1.29, 1.82) is 0 Å². The van der Waals surface area contributed by atoms with Crippen molar-refractivity contribution in [3.8, 4) is 0 Å². The Morgan fingerprint density at radius 2 is 2.50 bits per heavy atom. The lowest BCUT2D eigenvalue weighted by molar-refractivity contribution is -0.0375. The van der Waals surface area contributed by atoms with Crippen LogP contribution in [0.15, 0.2) is 24.4 Å². The van der Waals surface area contributed by atoms with Gasteiger partial charge in [0, 0.05) is 32.9 Å². The highest BCUT2D eigenvalue weighted by molar-refractivity contribution is 5.08. The van der Waals surface area contributed by atoms with Crippen molar-refractivity contribution >= 4 is 0 Å². The number of aromatic nitrogens is 1. The van der Waals surface area contributed by atoms with Crippen LogP contribution in [-0.4, -0.2) is 49.8 Å². The van der Waals surface area contributed by atoms with Gasteiger partial charge in [0.15, 0.2) is 0 Å². The van der Waals surface area contributed by atoms with E-state index in [9.17, 15) is 0 Å². The molecule has 0 aromatic carbocycles. The summed E-state index contributed by atoms with van der Waals surface area (Å²) in [6.07, 6.45) is 1.92. The molecule has 0 bridgehead atoms. The highest BCUT2D eigenvalue weighted by atomic mass is 16.5. The van der Waals surface area contributed by atoms with Crippen molar-refractivity contribution in [1.82, 2.24) is 9.88 Å². The van der Waals surface area contributed by atoms with Gasteiger partial charge in [-0.25, -0.2) is 0 Å². The number of morpholine rings is 1. The fourth-order valence-corrected chi connectivity index (χ4v) is 1.87. The smallest absolute Gasteiger partial charge is 0.112 e. The number of nitrogens with zero attached hydrogens (tertiary/aromatic N) is 2. The zero-order valence-electron chi connectivity index (χ0n) is 9.63. The summed E-state index contributed by atoms with van der Waals surface area (Å²) < 4.78 is 10.8. The van der Waals surface area contributed by atoms with Crippen molar-refractivity contribution in [2.24, 2.45) is 0 Å². The van der Waals surface area contributed by atoms with Gasteiger partial charge in [0.1, 0.15) is 6.10 Å². The van der Waals surface area contributed by atoms with Crippen molar-refractivity contribution in [3.63, 3.8) is 0 Å². The molecular weight excluding hydrogens is 204 g/mol. The minimum Gasteiger partial charge on any atom is -0.383 e. The molecule has 1 aliphatic rings. The Bertz CT molecular complexity index is 305. The van der Waals surface area contributed by atoms with E-state index >= 15 is 0 Å². The van der Waals surface area contributed by atoms with E-state index in [1.807, 2.05) is 24.4 Å². The van der Waals surface area contributed by atoms with Crippen LogP contribution in [0, 0.1) is 0 Å². The van der Waals surface area contributed by atoms with E-state index in [0.717, 1.165) is 38.5 Å². The zero-order valence-corrected chi connectivity index (χ0v) is 9.63. The highest BCUT2D eigenvalue weighted by Crippen LogP contribution is 2.19. The third-order valence-electron chi connectivity index (χ3n) is 2.78. The summed E-state index contributed by atoms with van der Waals surface area (Å²) in [5, 5.41) is 0. The molecule has 2 rings (SSSR count). The van der Waals surface area contributed by atoms with Crippen LogP contribution in [0.25, 0.3) is 0 Å². The third kappa shape index (κ3) is 3.01. The molecule has 4 heteroatoms. The molecule has 1 atom stereocenters. The average Bonchev–Trinajstić information content (AvgIpc) is 2.38.